The lowest BCUT2D eigenvalue weighted by Gasteiger charge is -2.26. The van der Waals surface area contributed by atoms with E-state index in [2.05, 4.69) is 13.8 Å². The largest absolute Gasteiger partial charge is 0.545 e. The van der Waals surface area contributed by atoms with Crippen molar-refractivity contribution in [1.29, 1.82) is 0 Å². The summed E-state index contributed by atoms with van der Waals surface area (Å²) in [5.41, 5.74) is 0. The normalized spacial score (nSPS) is 12.6. The Morgan fingerprint density at radius 3 is 0.914 bits per heavy atom. The van der Waals surface area contributed by atoms with E-state index >= 15 is 0 Å². The zero-order valence-electron chi connectivity index (χ0n) is 47.4. The Morgan fingerprint density at radius 1 is 0.371 bits per heavy atom. The molecule has 9 nitrogen and oxygen atoms in total. The van der Waals surface area contributed by atoms with Gasteiger partial charge in [0, 0.05) is 12.8 Å². The van der Waals surface area contributed by atoms with Gasteiger partial charge in [-0.05, 0) is 12.8 Å². The lowest BCUT2D eigenvalue weighted by molar-refractivity contribution is -0.870. The molecule has 0 N–H and O–H groups in total. The molecule has 0 amide bonds. The molecule has 9 heteroatoms. The van der Waals surface area contributed by atoms with Gasteiger partial charge in [0.25, 0.3) is 0 Å². The van der Waals surface area contributed by atoms with Crippen LogP contribution in [0.5, 0.6) is 0 Å². The molecular weight excluding hydrogens is 875 g/mol. The molecule has 2 atom stereocenters. The number of hydrogen-bond acceptors (Lipinski definition) is 8. The predicted molar refractivity (Wildman–Crippen MR) is 293 cm³/mol. The molecule has 0 aromatic rings. The van der Waals surface area contributed by atoms with Crippen LogP contribution in [0.25, 0.3) is 0 Å². The van der Waals surface area contributed by atoms with E-state index in [0.29, 0.717) is 17.4 Å². The summed E-state index contributed by atoms with van der Waals surface area (Å²) >= 11 is 0. The lowest BCUT2D eigenvalue weighted by Crippen LogP contribution is -2.44. The molecule has 0 spiro atoms. The number of hydrogen-bond donors (Lipinski definition) is 0. The number of carboxylic acids is 1. The molecule has 0 fully saturated rings. The minimum absolute atomic E-state index is 0.153. The van der Waals surface area contributed by atoms with Crippen LogP contribution >= 0.6 is 0 Å². The summed E-state index contributed by atoms with van der Waals surface area (Å²) in [6.45, 7) is 4.83. The third-order valence-corrected chi connectivity index (χ3v) is 14.1. The van der Waals surface area contributed by atoms with Crippen molar-refractivity contribution in [3.8, 4) is 0 Å². The van der Waals surface area contributed by atoms with Crippen LogP contribution in [-0.2, 0) is 33.3 Å². The van der Waals surface area contributed by atoms with Gasteiger partial charge in [0.1, 0.15) is 13.2 Å². The van der Waals surface area contributed by atoms with E-state index in [4.69, 9.17) is 18.9 Å². The van der Waals surface area contributed by atoms with E-state index in [-0.39, 0.29) is 32.2 Å². The minimum Gasteiger partial charge on any atom is -0.545 e. The molecule has 0 bridgehead atoms. The fraction of sp³-hybridized carbons (Fsp3) is 0.951. The predicted octanol–water partition coefficient (Wildman–Crippen LogP) is 16.6. The van der Waals surface area contributed by atoms with Crippen molar-refractivity contribution in [2.24, 2.45) is 0 Å². The second-order valence-electron chi connectivity index (χ2n) is 22.4. The van der Waals surface area contributed by atoms with Gasteiger partial charge >= 0.3 is 11.9 Å². The number of quaternary nitrogens is 1. The maximum absolute atomic E-state index is 12.9. The first-order chi connectivity index (χ1) is 34.1. The van der Waals surface area contributed by atoms with Crippen LogP contribution < -0.4 is 5.11 Å². The fourth-order valence-corrected chi connectivity index (χ4v) is 9.36. The van der Waals surface area contributed by atoms with Gasteiger partial charge in [-0.1, -0.05) is 290 Å². The summed E-state index contributed by atoms with van der Waals surface area (Å²) in [4.78, 5) is 37.3. The number of nitrogens with zero attached hydrogens (tertiary/aromatic N) is 1. The molecular formula is C61H119NO8. The molecule has 2 unspecified atom stereocenters. The van der Waals surface area contributed by atoms with Crippen LogP contribution in [0.2, 0.25) is 0 Å². The molecule has 0 saturated carbocycles. The van der Waals surface area contributed by atoms with Crippen molar-refractivity contribution in [1.82, 2.24) is 0 Å². The number of carbonyl (C=O) groups is 3. The van der Waals surface area contributed by atoms with E-state index in [1.165, 1.54) is 250 Å². The molecule has 0 rings (SSSR count). The summed E-state index contributed by atoms with van der Waals surface area (Å²) in [6.07, 6.45) is 57.3. The molecule has 70 heavy (non-hydrogen) atoms. The lowest BCUT2D eigenvalue weighted by atomic mass is 10.0. The SMILES string of the molecule is CCCCCCCCCCCCCCCCCCCCCCCCCCC(=O)OC(COC(=O)CCCCCCCCCCCCCCCCCCCCCCC)COC(OCC[N+](C)(C)C)C(=O)[O-]. The van der Waals surface area contributed by atoms with Crippen LogP contribution in [-0.4, -0.2) is 82.3 Å². The highest BCUT2D eigenvalue weighted by Crippen LogP contribution is 2.18. The molecule has 0 heterocycles. The number of carboxylic acid groups (broad SMARTS) is 1. The third kappa shape index (κ3) is 54.1. The van der Waals surface area contributed by atoms with Gasteiger partial charge < -0.3 is 33.3 Å². The highest BCUT2D eigenvalue weighted by Gasteiger charge is 2.22. The second-order valence-corrected chi connectivity index (χ2v) is 22.4. The number of ether oxygens (including phenoxy) is 4. The van der Waals surface area contributed by atoms with Gasteiger partial charge in [0.05, 0.1) is 40.3 Å². The van der Waals surface area contributed by atoms with Crippen molar-refractivity contribution in [3.63, 3.8) is 0 Å². The molecule has 0 saturated heterocycles. The number of unbranched alkanes of at least 4 members (excludes halogenated alkanes) is 43. The van der Waals surface area contributed by atoms with E-state index < -0.39 is 24.3 Å². The van der Waals surface area contributed by atoms with Gasteiger partial charge in [-0.3, -0.25) is 9.59 Å². The second kappa shape index (κ2) is 53.6. The van der Waals surface area contributed by atoms with Gasteiger partial charge in [-0.25, -0.2) is 0 Å². The van der Waals surface area contributed by atoms with E-state index in [9.17, 15) is 19.5 Å². The Balaban J connectivity index is 4.15. The Hall–Kier alpha value is -1.71. The Labute approximate surface area is 434 Å². The standard InChI is InChI=1S/C61H119NO8/c1-6-8-10-12-14-16-18-20-22-24-26-28-29-30-32-34-36-38-40-42-44-46-48-50-52-59(64)70-57(56-69-61(60(65)66)67-54-53-62(3,4)5)55-68-58(63)51-49-47-45-43-41-39-37-35-33-31-27-25-23-21-19-17-15-13-11-9-7-2/h57,61H,6-56H2,1-5H3. The first kappa shape index (κ1) is 68.3. The van der Waals surface area contributed by atoms with E-state index in [1.54, 1.807) is 0 Å². The molecule has 0 radical (unpaired) electrons. The summed E-state index contributed by atoms with van der Waals surface area (Å²) in [6, 6.07) is 0. The number of aliphatic carboxylic acids is 1. The third-order valence-electron chi connectivity index (χ3n) is 14.1. The highest BCUT2D eigenvalue weighted by molar-refractivity contribution is 5.70. The van der Waals surface area contributed by atoms with Crippen molar-refractivity contribution in [2.75, 3.05) is 47.5 Å². The molecule has 0 aromatic carbocycles. The average Bonchev–Trinajstić information content (AvgIpc) is 3.33. The van der Waals surface area contributed by atoms with Crippen molar-refractivity contribution < 1.29 is 42.9 Å². The molecule has 416 valence electrons. The molecule has 0 aliphatic heterocycles. The van der Waals surface area contributed by atoms with Crippen LogP contribution in [0, 0.1) is 0 Å². The van der Waals surface area contributed by atoms with Crippen LogP contribution in [0.1, 0.15) is 316 Å². The maximum atomic E-state index is 12.9. The first-order valence-electron chi connectivity index (χ1n) is 30.7. The highest BCUT2D eigenvalue weighted by atomic mass is 16.7. The average molecular weight is 995 g/mol. The molecule has 0 aliphatic rings. The van der Waals surface area contributed by atoms with Crippen molar-refractivity contribution in [2.45, 2.75) is 328 Å². The first-order valence-corrected chi connectivity index (χ1v) is 30.7. The van der Waals surface area contributed by atoms with Crippen molar-refractivity contribution >= 4 is 17.9 Å². The van der Waals surface area contributed by atoms with E-state index in [0.717, 1.165) is 38.5 Å². The molecule has 0 aliphatic carbocycles. The zero-order valence-corrected chi connectivity index (χ0v) is 47.4. The van der Waals surface area contributed by atoms with Crippen LogP contribution in [0.15, 0.2) is 0 Å². The maximum Gasteiger partial charge on any atom is 0.306 e. The van der Waals surface area contributed by atoms with Gasteiger partial charge in [0.2, 0.25) is 0 Å². The summed E-state index contributed by atoms with van der Waals surface area (Å²) in [5, 5.41) is 11.8. The monoisotopic (exact) mass is 994 g/mol. The topological polar surface area (TPSA) is 111 Å². The van der Waals surface area contributed by atoms with Gasteiger partial charge in [0.15, 0.2) is 12.4 Å². The molecule has 0 aromatic heterocycles. The Morgan fingerprint density at radius 2 is 0.643 bits per heavy atom. The number of carbonyl (C=O) groups excluding carboxylic acids is 3. The summed E-state index contributed by atoms with van der Waals surface area (Å²) in [5.74, 6) is -2.25. The quantitative estimate of drug-likeness (QED) is 0.0256. The number of rotatable bonds is 58. The minimum atomic E-state index is -1.61. The van der Waals surface area contributed by atoms with Gasteiger partial charge in [-0.2, -0.15) is 0 Å². The number of likely N-dealkylation sites (N-methyl/N-ethyl adjacent to an activating group) is 1. The number of esters is 2. The van der Waals surface area contributed by atoms with Crippen molar-refractivity contribution in [3.05, 3.63) is 0 Å². The van der Waals surface area contributed by atoms with Crippen LogP contribution in [0.4, 0.5) is 0 Å². The van der Waals surface area contributed by atoms with Crippen LogP contribution in [0.3, 0.4) is 0 Å². The smallest absolute Gasteiger partial charge is 0.306 e. The van der Waals surface area contributed by atoms with E-state index in [1.807, 2.05) is 21.1 Å². The summed E-state index contributed by atoms with van der Waals surface area (Å²) < 4.78 is 22.8. The summed E-state index contributed by atoms with van der Waals surface area (Å²) in [7, 11) is 5.94. The Kier molecular flexibility index (Phi) is 52.3. The fourth-order valence-electron chi connectivity index (χ4n) is 9.36. The van der Waals surface area contributed by atoms with Gasteiger partial charge in [-0.15, -0.1) is 0 Å². The zero-order chi connectivity index (χ0) is 51.3. The Bertz CT molecular complexity index is 1110.